The maximum atomic E-state index is 11.3. The number of pyridine rings is 1. The van der Waals surface area contributed by atoms with Crippen LogP contribution < -0.4 is 16.0 Å². The van der Waals surface area contributed by atoms with E-state index in [0.717, 1.165) is 32.0 Å². The molecule has 0 aliphatic carbocycles. The van der Waals surface area contributed by atoms with Crippen molar-refractivity contribution in [3.8, 4) is 0 Å². The van der Waals surface area contributed by atoms with Gasteiger partial charge in [-0.1, -0.05) is 0 Å². The van der Waals surface area contributed by atoms with Crippen molar-refractivity contribution >= 4 is 29.1 Å². The Bertz CT molecular complexity index is 698. The number of anilines is 4. The van der Waals surface area contributed by atoms with E-state index in [4.69, 9.17) is 10.5 Å². The predicted molar refractivity (Wildman–Crippen MR) is 87.0 cm³/mol. The van der Waals surface area contributed by atoms with E-state index < -0.39 is 0 Å². The second-order valence-corrected chi connectivity index (χ2v) is 5.17. The normalized spacial score (nSPS) is 14.6. The van der Waals surface area contributed by atoms with Crippen molar-refractivity contribution in [2.45, 2.75) is 6.92 Å². The molecule has 0 amide bonds. The van der Waals surface area contributed by atoms with E-state index in [2.05, 4.69) is 25.2 Å². The number of nitrogen functional groups attached to an aromatic ring is 1. The predicted octanol–water partition coefficient (Wildman–Crippen LogP) is 1.24. The van der Waals surface area contributed by atoms with E-state index in [1.165, 1.54) is 13.1 Å². The lowest BCUT2D eigenvalue weighted by Gasteiger charge is -2.28. The minimum absolute atomic E-state index is 0.153. The number of carbonyl (C=O) groups is 1. The highest BCUT2D eigenvalue weighted by Gasteiger charge is 2.12. The van der Waals surface area contributed by atoms with E-state index in [1.54, 1.807) is 6.20 Å². The molecular formula is C15H18N6O2. The number of carbonyl (C=O) groups excluding carboxylic acids is 1. The lowest BCUT2D eigenvalue weighted by molar-refractivity contribution is 0.101. The van der Waals surface area contributed by atoms with Crippen molar-refractivity contribution in [1.29, 1.82) is 0 Å². The molecule has 8 nitrogen and oxygen atoms in total. The van der Waals surface area contributed by atoms with Gasteiger partial charge in [0.05, 0.1) is 30.7 Å². The molecule has 8 heteroatoms. The van der Waals surface area contributed by atoms with Crippen molar-refractivity contribution in [1.82, 2.24) is 15.0 Å². The summed E-state index contributed by atoms with van der Waals surface area (Å²) in [6.45, 7) is 4.61. The largest absolute Gasteiger partial charge is 0.383 e. The van der Waals surface area contributed by atoms with Gasteiger partial charge in [0.1, 0.15) is 11.6 Å². The molecule has 1 aliphatic rings. The number of ketones is 1. The van der Waals surface area contributed by atoms with Crippen LogP contribution in [0.25, 0.3) is 0 Å². The second-order valence-electron chi connectivity index (χ2n) is 5.17. The van der Waals surface area contributed by atoms with Gasteiger partial charge in [0.15, 0.2) is 5.78 Å². The molecule has 120 valence electrons. The summed E-state index contributed by atoms with van der Waals surface area (Å²) in [5.41, 5.74) is 7.11. The maximum absolute atomic E-state index is 11.3. The van der Waals surface area contributed by atoms with Crippen molar-refractivity contribution < 1.29 is 9.53 Å². The number of aromatic nitrogens is 3. The summed E-state index contributed by atoms with van der Waals surface area (Å²) < 4.78 is 5.33. The Balaban J connectivity index is 1.70. The molecule has 1 saturated heterocycles. The van der Waals surface area contributed by atoms with Gasteiger partial charge in [-0.2, -0.15) is 4.98 Å². The number of morpholine rings is 1. The van der Waals surface area contributed by atoms with Gasteiger partial charge in [0.2, 0.25) is 5.95 Å². The molecule has 1 aliphatic heterocycles. The van der Waals surface area contributed by atoms with E-state index in [9.17, 15) is 4.79 Å². The van der Waals surface area contributed by atoms with E-state index in [-0.39, 0.29) is 11.6 Å². The third kappa shape index (κ3) is 3.54. The number of hydrogen-bond donors (Lipinski definition) is 2. The monoisotopic (exact) mass is 314 g/mol. The van der Waals surface area contributed by atoms with Crippen molar-refractivity contribution in [2.24, 2.45) is 0 Å². The van der Waals surface area contributed by atoms with Crippen LogP contribution >= 0.6 is 0 Å². The number of nitrogens with one attached hydrogen (secondary N) is 1. The first kappa shape index (κ1) is 15.2. The SMILES string of the molecule is CC(=O)c1cnc(Nc2ccc(N3CCOCC3)cn2)nc1N. The van der Waals surface area contributed by atoms with Gasteiger partial charge in [-0.05, 0) is 19.1 Å². The lowest BCUT2D eigenvalue weighted by Crippen LogP contribution is -2.36. The Kier molecular flexibility index (Phi) is 4.33. The van der Waals surface area contributed by atoms with Gasteiger partial charge >= 0.3 is 0 Å². The van der Waals surface area contributed by atoms with Crippen molar-refractivity contribution in [2.75, 3.05) is 42.3 Å². The third-order valence-electron chi connectivity index (χ3n) is 3.56. The second kappa shape index (κ2) is 6.57. The summed E-state index contributed by atoms with van der Waals surface area (Å²) in [4.78, 5) is 26.0. The fraction of sp³-hybridized carbons (Fsp3) is 0.333. The first-order chi connectivity index (χ1) is 11.1. The van der Waals surface area contributed by atoms with Gasteiger partial charge < -0.3 is 20.7 Å². The molecule has 2 aromatic heterocycles. The fourth-order valence-electron chi connectivity index (χ4n) is 2.31. The maximum Gasteiger partial charge on any atom is 0.230 e. The van der Waals surface area contributed by atoms with Crippen LogP contribution in [-0.4, -0.2) is 47.0 Å². The van der Waals surface area contributed by atoms with Crippen LogP contribution in [0.5, 0.6) is 0 Å². The van der Waals surface area contributed by atoms with Gasteiger partial charge in [-0.25, -0.2) is 9.97 Å². The highest BCUT2D eigenvalue weighted by molar-refractivity contribution is 5.98. The van der Waals surface area contributed by atoms with Crippen molar-refractivity contribution in [3.63, 3.8) is 0 Å². The Labute approximate surface area is 133 Å². The highest BCUT2D eigenvalue weighted by atomic mass is 16.5. The number of nitrogens with two attached hydrogens (primary N) is 1. The summed E-state index contributed by atoms with van der Waals surface area (Å²) in [7, 11) is 0. The molecule has 0 unspecified atom stereocenters. The van der Waals surface area contributed by atoms with E-state index in [0.29, 0.717) is 17.3 Å². The summed E-state index contributed by atoms with van der Waals surface area (Å²) in [5.74, 6) is 0.901. The average molecular weight is 314 g/mol. The third-order valence-corrected chi connectivity index (χ3v) is 3.56. The molecule has 0 radical (unpaired) electrons. The molecule has 0 spiro atoms. The van der Waals surface area contributed by atoms with Crippen LogP contribution in [0.3, 0.4) is 0 Å². The zero-order valence-corrected chi connectivity index (χ0v) is 12.8. The van der Waals surface area contributed by atoms with Crippen LogP contribution in [-0.2, 0) is 4.74 Å². The van der Waals surface area contributed by atoms with E-state index >= 15 is 0 Å². The van der Waals surface area contributed by atoms with Crippen LogP contribution in [0, 0.1) is 0 Å². The Hall–Kier alpha value is -2.74. The molecule has 0 aromatic carbocycles. The molecule has 2 aromatic rings. The van der Waals surface area contributed by atoms with Crippen molar-refractivity contribution in [3.05, 3.63) is 30.1 Å². The zero-order valence-electron chi connectivity index (χ0n) is 12.8. The Morgan fingerprint density at radius 2 is 2.04 bits per heavy atom. The van der Waals surface area contributed by atoms with Gasteiger partial charge in [0.25, 0.3) is 0 Å². The van der Waals surface area contributed by atoms with Gasteiger partial charge in [0, 0.05) is 19.3 Å². The summed E-state index contributed by atoms with van der Waals surface area (Å²) >= 11 is 0. The average Bonchev–Trinajstić information content (AvgIpc) is 2.56. The van der Waals surface area contributed by atoms with Gasteiger partial charge in [-0.3, -0.25) is 4.79 Å². The van der Waals surface area contributed by atoms with Crippen LogP contribution in [0.15, 0.2) is 24.5 Å². The Morgan fingerprint density at radius 3 is 2.65 bits per heavy atom. The lowest BCUT2D eigenvalue weighted by atomic mass is 10.2. The van der Waals surface area contributed by atoms with Crippen LogP contribution in [0.1, 0.15) is 17.3 Å². The minimum Gasteiger partial charge on any atom is -0.383 e. The summed E-state index contributed by atoms with van der Waals surface area (Å²) in [6, 6.07) is 3.83. The number of Topliss-reactive ketones (excluding diaryl/α,β-unsaturated/α-hetero) is 1. The molecule has 1 fully saturated rings. The molecule has 3 N–H and O–H groups in total. The highest BCUT2D eigenvalue weighted by Crippen LogP contribution is 2.19. The first-order valence-corrected chi connectivity index (χ1v) is 7.33. The van der Waals surface area contributed by atoms with Crippen LogP contribution in [0.4, 0.5) is 23.3 Å². The standard InChI is InChI=1S/C15H18N6O2/c1-10(22)12-9-18-15(20-14(12)16)19-13-3-2-11(8-17-13)21-4-6-23-7-5-21/h2-3,8-9H,4-7H2,1H3,(H3,16,17,18,19,20). The first-order valence-electron chi connectivity index (χ1n) is 7.33. The summed E-state index contributed by atoms with van der Waals surface area (Å²) in [6.07, 6.45) is 3.20. The molecule has 0 saturated carbocycles. The van der Waals surface area contributed by atoms with Crippen LogP contribution in [0.2, 0.25) is 0 Å². The molecule has 0 bridgehead atoms. The number of ether oxygens (including phenoxy) is 1. The molecule has 3 heterocycles. The van der Waals surface area contributed by atoms with Gasteiger partial charge in [-0.15, -0.1) is 0 Å². The molecule has 3 rings (SSSR count). The van der Waals surface area contributed by atoms with E-state index in [1.807, 2.05) is 12.1 Å². The minimum atomic E-state index is -0.165. The topological polar surface area (TPSA) is 106 Å². The summed E-state index contributed by atoms with van der Waals surface area (Å²) in [5, 5.41) is 2.97. The fourth-order valence-corrected chi connectivity index (χ4v) is 2.31. The number of nitrogens with zero attached hydrogens (tertiary/aromatic N) is 4. The number of rotatable bonds is 4. The molecular weight excluding hydrogens is 296 g/mol. The quantitative estimate of drug-likeness (QED) is 0.812. The smallest absolute Gasteiger partial charge is 0.230 e. The molecule has 0 atom stereocenters. The Morgan fingerprint density at radius 1 is 1.26 bits per heavy atom. The molecule has 23 heavy (non-hydrogen) atoms. The number of hydrogen-bond acceptors (Lipinski definition) is 8. The zero-order chi connectivity index (χ0) is 16.2.